The fourth-order valence-electron chi connectivity index (χ4n) is 2.34. The Labute approximate surface area is 172 Å². The van der Waals surface area contributed by atoms with Crippen molar-refractivity contribution in [1.29, 1.82) is 5.26 Å². The molecule has 0 unspecified atom stereocenters. The quantitative estimate of drug-likeness (QED) is 0.550. The van der Waals surface area contributed by atoms with Gasteiger partial charge in [0.1, 0.15) is 18.1 Å². The van der Waals surface area contributed by atoms with Gasteiger partial charge in [-0.1, -0.05) is 29.8 Å². The Morgan fingerprint density at radius 2 is 1.97 bits per heavy atom. The lowest BCUT2D eigenvalue weighted by Crippen LogP contribution is -1.96. The molecule has 0 saturated heterocycles. The van der Waals surface area contributed by atoms with Crippen molar-refractivity contribution in [3.63, 3.8) is 0 Å². The molecule has 3 rings (SSSR count). The number of nitriles is 1. The van der Waals surface area contributed by atoms with Gasteiger partial charge in [-0.15, -0.1) is 0 Å². The number of pyridine rings is 1. The molecule has 0 amide bonds. The van der Waals surface area contributed by atoms with E-state index in [2.05, 4.69) is 11.1 Å². The number of halogens is 1. The predicted octanol–water partition coefficient (Wildman–Crippen LogP) is 5.08. The van der Waals surface area contributed by atoms with E-state index in [0.717, 1.165) is 11.6 Å². The zero-order valence-corrected chi connectivity index (χ0v) is 15.8. The lowest BCUT2D eigenvalue weighted by atomic mass is 10.2. The van der Waals surface area contributed by atoms with Gasteiger partial charge in [-0.25, -0.2) is 9.78 Å². The largest absolute Gasteiger partial charge is 0.487 e. The van der Waals surface area contributed by atoms with Crippen molar-refractivity contribution in [2.24, 2.45) is 0 Å². The smallest absolute Gasteiger partial charge is 0.328 e. The Kier molecular flexibility index (Phi) is 6.46. The highest BCUT2D eigenvalue weighted by Crippen LogP contribution is 2.30. The molecule has 0 radical (unpaired) electrons. The number of aliphatic carboxylic acids is 1. The second-order valence-corrected chi connectivity index (χ2v) is 6.30. The minimum atomic E-state index is -1.04. The van der Waals surface area contributed by atoms with E-state index in [1.807, 2.05) is 12.1 Å². The molecule has 0 atom stereocenters. The van der Waals surface area contributed by atoms with Gasteiger partial charge in [0.05, 0.1) is 22.9 Å². The van der Waals surface area contributed by atoms with Crippen LogP contribution in [0.2, 0.25) is 5.02 Å². The number of carboxylic acid groups (broad SMARTS) is 1. The highest BCUT2D eigenvalue weighted by molar-refractivity contribution is 6.32. The van der Waals surface area contributed by atoms with Gasteiger partial charge >= 0.3 is 5.97 Å². The first kappa shape index (κ1) is 19.9. The maximum Gasteiger partial charge on any atom is 0.328 e. The van der Waals surface area contributed by atoms with Gasteiger partial charge in [0.2, 0.25) is 5.88 Å². The number of benzene rings is 2. The summed E-state index contributed by atoms with van der Waals surface area (Å²) in [7, 11) is 0. The average molecular weight is 407 g/mol. The topological polar surface area (TPSA) is 92.4 Å². The highest BCUT2D eigenvalue weighted by Gasteiger charge is 2.06. The van der Waals surface area contributed by atoms with Crippen LogP contribution < -0.4 is 9.47 Å². The summed E-state index contributed by atoms with van der Waals surface area (Å²) in [5.74, 6) is 0.276. The Morgan fingerprint density at radius 3 is 2.59 bits per heavy atom. The molecule has 29 heavy (non-hydrogen) atoms. The van der Waals surface area contributed by atoms with Gasteiger partial charge in [0, 0.05) is 12.1 Å². The number of ether oxygens (including phenoxy) is 2. The van der Waals surface area contributed by atoms with Crippen molar-refractivity contribution in [1.82, 2.24) is 4.98 Å². The SMILES string of the molecule is N#Cc1ccc(COc2ccc(Oc3ccc(C=CC(=O)O)cc3Cl)nc2)cc1. The van der Waals surface area contributed by atoms with Crippen molar-refractivity contribution in [2.45, 2.75) is 6.61 Å². The van der Waals surface area contributed by atoms with Crippen LogP contribution in [0.25, 0.3) is 6.08 Å². The van der Waals surface area contributed by atoms with E-state index in [4.69, 9.17) is 31.4 Å². The molecule has 0 aliphatic rings. The van der Waals surface area contributed by atoms with E-state index < -0.39 is 5.97 Å². The molecule has 1 aromatic heterocycles. The van der Waals surface area contributed by atoms with Crippen LogP contribution in [0.3, 0.4) is 0 Å². The summed E-state index contributed by atoms with van der Waals surface area (Å²) >= 11 is 6.19. The highest BCUT2D eigenvalue weighted by atomic mass is 35.5. The summed E-state index contributed by atoms with van der Waals surface area (Å²) in [6.07, 6.45) is 4.01. The third kappa shape index (κ3) is 5.83. The minimum Gasteiger partial charge on any atom is -0.487 e. The van der Waals surface area contributed by atoms with E-state index >= 15 is 0 Å². The number of hydrogen-bond donors (Lipinski definition) is 1. The Bertz CT molecular complexity index is 1070. The van der Waals surface area contributed by atoms with Gasteiger partial charge in [0.15, 0.2) is 0 Å². The number of hydrogen-bond acceptors (Lipinski definition) is 5. The summed E-state index contributed by atoms with van der Waals surface area (Å²) < 4.78 is 11.3. The van der Waals surface area contributed by atoms with Crippen LogP contribution in [0.4, 0.5) is 0 Å². The lowest BCUT2D eigenvalue weighted by molar-refractivity contribution is -0.131. The molecule has 0 bridgehead atoms. The standard InChI is InChI=1S/C22H15ClN2O4/c23-19-11-15(6-10-22(26)27)5-8-20(19)29-21-9-7-18(13-25-21)28-14-17-3-1-16(12-24)2-4-17/h1-11,13H,14H2,(H,26,27). The Morgan fingerprint density at radius 1 is 1.17 bits per heavy atom. The second kappa shape index (κ2) is 9.40. The van der Waals surface area contributed by atoms with Gasteiger partial charge in [-0.3, -0.25) is 0 Å². The average Bonchev–Trinajstić information content (AvgIpc) is 2.74. The summed E-state index contributed by atoms with van der Waals surface area (Å²) in [5, 5.41) is 17.8. The molecule has 0 fully saturated rings. The minimum absolute atomic E-state index is 0.334. The zero-order valence-electron chi connectivity index (χ0n) is 15.1. The van der Waals surface area contributed by atoms with Crippen LogP contribution >= 0.6 is 11.6 Å². The number of carboxylic acids is 1. The fourth-order valence-corrected chi connectivity index (χ4v) is 2.57. The van der Waals surface area contributed by atoms with E-state index in [-0.39, 0.29) is 0 Å². The van der Waals surface area contributed by atoms with E-state index in [1.54, 1.807) is 42.5 Å². The molecule has 0 spiro atoms. The lowest BCUT2D eigenvalue weighted by Gasteiger charge is -2.09. The summed E-state index contributed by atoms with van der Waals surface area (Å²) in [6.45, 7) is 0.352. The number of aromatic nitrogens is 1. The Balaban J connectivity index is 1.60. The first-order valence-electron chi connectivity index (χ1n) is 8.50. The Hall–Kier alpha value is -3.82. The van der Waals surface area contributed by atoms with Crippen molar-refractivity contribution >= 4 is 23.6 Å². The van der Waals surface area contributed by atoms with E-state index in [1.165, 1.54) is 12.3 Å². The predicted molar refractivity (Wildman–Crippen MR) is 108 cm³/mol. The maximum atomic E-state index is 10.6. The molecular formula is C22H15ClN2O4. The van der Waals surface area contributed by atoms with Crippen molar-refractivity contribution < 1.29 is 19.4 Å². The van der Waals surface area contributed by atoms with E-state index in [9.17, 15) is 4.79 Å². The first-order valence-corrected chi connectivity index (χ1v) is 8.87. The van der Waals surface area contributed by atoms with Gasteiger partial charge in [0.25, 0.3) is 0 Å². The summed E-state index contributed by atoms with van der Waals surface area (Å²) in [5.41, 5.74) is 2.18. The van der Waals surface area contributed by atoms with E-state index in [0.29, 0.717) is 40.1 Å². The number of carbonyl (C=O) groups is 1. The van der Waals surface area contributed by atoms with Crippen LogP contribution in [0.15, 0.2) is 66.9 Å². The monoisotopic (exact) mass is 406 g/mol. The number of nitrogens with zero attached hydrogens (tertiary/aromatic N) is 2. The molecule has 0 aliphatic heterocycles. The molecule has 1 N–H and O–H groups in total. The van der Waals surface area contributed by atoms with Gasteiger partial charge < -0.3 is 14.6 Å². The summed E-state index contributed by atoms with van der Waals surface area (Å²) in [4.78, 5) is 14.8. The van der Waals surface area contributed by atoms with Crippen molar-refractivity contribution in [2.75, 3.05) is 0 Å². The van der Waals surface area contributed by atoms with Crippen LogP contribution in [0.5, 0.6) is 17.4 Å². The van der Waals surface area contributed by atoms with Crippen LogP contribution in [-0.4, -0.2) is 16.1 Å². The van der Waals surface area contributed by atoms with Crippen LogP contribution in [0, 0.1) is 11.3 Å². The first-order chi connectivity index (χ1) is 14.0. The molecule has 7 heteroatoms. The molecule has 144 valence electrons. The third-order valence-electron chi connectivity index (χ3n) is 3.79. The number of rotatable bonds is 7. The van der Waals surface area contributed by atoms with Crippen LogP contribution in [-0.2, 0) is 11.4 Å². The molecule has 0 saturated carbocycles. The fraction of sp³-hybridized carbons (Fsp3) is 0.0455. The molecule has 0 aliphatic carbocycles. The second-order valence-electron chi connectivity index (χ2n) is 5.89. The maximum absolute atomic E-state index is 10.6. The molecule has 3 aromatic rings. The molecule has 1 heterocycles. The third-order valence-corrected chi connectivity index (χ3v) is 4.08. The van der Waals surface area contributed by atoms with Crippen molar-refractivity contribution in [3.05, 3.63) is 88.6 Å². The molecule has 2 aromatic carbocycles. The molecule has 6 nitrogen and oxygen atoms in total. The van der Waals surface area contributed by atoms with Crippen LogP contribution in [0.1, 0.15) is 16.7 Å². The van der Waals surface area contributed by atoms with Gasteiger partial charge in [-0.05, 0) is 47.5 Å². The molecular weight excluding hydrogens is 392 g/mol. The van der Waals surface area contributed by atoms with Gasteiger partial charge in [-0.2, -0.15) is 5.26 Å². The normalized spacial score (nSPS) is 10.5. The summed E-state index contributed by atoms with van der Waals surface area (Å²) in [6, 6.07) is 17.5. The zero-order chi connectivity index (χ0) is 20.6. The van der Waals surface area contributed by atoms with Crippen molar-refractivity contribution in [3.8, 4) is 23.4 Å².